The summed E-state index contributed by atoms with van der Waals surface area (Å²) in [6, 6.07) is 3.85. The van der Waals surface area contributed by atoms with Crippen LogP contribution in [0.2, 0.25) is 0 Å². The SMILES string of the molecule is CC1C(=O)CCC1c1cccnc1N. The van der Waals surface area contributed by atoms with E-state index >= 15 is 0 Å². The lowest BCUT2D eigenvalue weighted by Crippen LogP contribution is -2.11. The highest BCUT2D eigenvalue weighted by molar-refractivity contribution is 5.84. The van der Waals surface area contributed by atoms with Gasteiger partial charge in [-0.25, -0.2) is 4.98 Å². The lowest BCUT2D eigenvalue weighted by Gasteiger charge is -2.15. The Bertz CT molecular complexity index is 362. The van der Waals surface area contributed by atoms with E-state index in [1.165, 1.54) is 0 Å². The molecule has 0 radical (unpaired) electrons. The molecule has 1 fully saturated rings. The van der Waals surface area contributed by atoms with E-state index in [4.69, 9.17) is 5.73 Å². The average molecular weight is 190 g/mol. The van der Waals surface area contributed by atoms with Gasteiger partial charge in [-0.15, -0.1) is 0 Å². The fraction of sp³-hybridized carbons (Fsp3) is 0.455. The van der Waals surface area contributed by atoms with Gasteiger partial charge in [-0.05, 0) is 24.0 Å². The Morgan fingerprint density at radius 2 is 2.36 bits per heavy atom. The van der Waals surface area contributed by atoms with Crippen molar-refractivity contribution in [3.05, 3.63) is 23.9 Å². The largest absolute Gasteiger partial charge is 0.383 e. The van der Waals surface area contributed by atoms with Crippen LogP contribution >= 0.6 is 0 Å². The first-order valence-electron chi connectivity index (χ1n) is 4.93. The number of hydrogen-bond donors (Lipinski definition) is 1. The fourth-order valence-electron chi connectivity index (χ4n) is 2.17. The molecule has 1 aliphatic rings. The van der Waals surface area contributed by atoms with Gasteiger partial charge in [-0.1, -0.05) is 13.0 Å². The lowest BCUT2D eigenvalue weighted by molar-refractivity contribution is -0.120. The van der Waals surface area contributed by atoms with Crippen molar-refractivity contribution in [3.63, 3.8) is 0 Å². The van der Waals surface area contributed by atoms with E-state index in [2.05, 4.69) is 4.98 Å². The summed E-state index contributed by atoms with van der Waals surface area (Å²) in [4.78, 5) is 15.5. The second-order valence-electron chi connectivity index (χ2n) is 3.88. The zero-order chi connectivity index (χ0) is 10.1. The number of aromatic nitrogens is 1. The minimum absolute atomic E-state index is 0.0986. The summed E-state index contributed by atoms with van der Waals surface area (Å²) in [6.07, 6.45) is 3.27. The summed E-state index contributed by atoms with van der Waals surface area (Å²) >= 11 is 0. The van der Waals surface area contributed by atoms with Crippen LogP contribution in [0.3, 0.4) is 0 Å². The van der Waals surface area contributed by atoms with Crippen molar-refractivity contribution in [2.24, 2.45) is 5.92 Å². The molecular formula is C11H14N2O. The first kappa shape index (κ1) is 9.19. The molecular weight excluding hydrogens is 176 g/mol. The molecule has 0 aliphatic heterocycles. The van der Waals surface area contributed by atoms with Gasteiger partial charge < -0.3 is 5.73 Å². The number of carbonyl (C=O) groups is 1. The summed E-state index contributed by atoms with van der Waals surface area (Å²) < 4.78 is 0. The zero-order valence-electron chi connectivity index (χ0n) is 8.23. The number of nitrogen functional groups attached to an aromatic ring is 1. The van der Waals surface area contributed by atoms with E-state index in [0.29, 0.717) is 18.0 Å². The summed E-state index contributed by atoms with van der Waals surface area (Å²) in [5.74, 6) is 1.29. The fourth-order valence-corrected chi connectivity index (χ4v) is 2.17. The predicted molar refractivity (Wildman–Crippen MR) is 54.8 cm³/mol. The third kappa shape index (κ3) is 1.39. The van der Waals surface area contributed by atoms with Crippen molar-refractivity contribution in [3.8, 4) is 0 Å². The van der Waals surface area contributed by atoms with Gasteiger partial charge in [0.15, 0.2) is 0 Å². The molecule has 74 valence electrons. The predicted octanol–water partition coefficient (Wildman–Crippen LogP) is 1.75. The number of ketones is 1. The van der Waals surface area contributed by atoms with Crippen LogP contribution in [0.15, 0.2) is 18.3 Å². The van der Waals surface area contributed by atoms with Crippen LogP contribution in [0.25, 0.3) is 0 Å². The second-order valence-corrected chi connectivity index (χ2v) is 3.88. The Hall–Kier alpha value is -1.38. The molecule has 0 saturated heterocycles. The molecule has 1 heterocycles. The quantitative estimate of drug-likeness (QED) is 0.734. The van der Waals surface area contributed by atoms with E-state index in [-0.39, 0.29) is 11.8 Å². The van der Waals surface area contributed by atoms with E-state index < -0.39 is 0 Å². The number of rotatable bonds is 1. The number of hydrogen-bond acceptors (Lipinski definition) is 3. The highest BCUT2D eigenvalue weighted by Gasteiger charge is 2.33. The number of nitrogens with two attached hydrogens (primary N) is 1. The van der Waals surface area contributed by atoms with Gasteiger partial charge in [0.25, 0.3) is 0 Å². The topological polar surface area (TPSA) is 56.0 Å². The Morgan fingerprint density at radius 1 is 1.57 bits per heavy atom. The maximum atomic E-state index is 11.4. The Balaban J connectivity index is 2.32. The summed E-state index contributed by atoms with van der Waals surface area (Å²) in [5.41, 5.74) is 6.82. The van der Waals surface area contributed by atoms with E-state index in [9.17, 15) is 4.79 Å². The molecule has 0 amide bonds. The lowest BCUT2D eigenvalue weighted by atomic mass is 9.90. The molecule has 2 rings (SSSR count). The van der Waals surface area contributed by atoms with Crippen LogP contribution in [-0.2, 0) is 4.79 Å². The first-order chi connectivity index (χ1) is 6.70. The molecule has 3 heteroatoms. The molecule has 1 aliphatic carbocycles. The van der Waals surface area contributed by atoms with Gasteiger partial charge in [-0.2, -0.15) is 0 Å². The number of anilines is 1. The molecule has 0 aromatic carbocycles. The normalized spacial score (nSPS) is 26.8. The van der Waals surface area contributed by atoms with Crippen LogP contribution in [0.4, 0.5) is 5.82 Å². The molecule has 1 aromatic rings. The maximum Gasteiger partial charge on any atom is 0.136 e. The molecule has 2 unspecified atom stereocenters. The van der Waals surface area contributed by atoms with E-state index in [1.54, 1.807) is 6.20 Å². The van der Waals surface area contributed by atoms with E-state index in [1.807, 2.05) is 19.1 Å². The molecule has 1 saturated carbocycles. The van der Waals surface area contributed by atoms with Crippen molar-refractivity contribution in [1.82, 2.24) is 4.98 Å². The van der Waals surface area contributed by atoms with Crippen molar-refractivity contribution >= 4 is 11.6 Å². The van der Waals surface area contributed by atoms with Crippen LogP contribution in [-0.4, -0.2) is 10.8 Å². The smallest absolute Gasteiger partial charge is 0.136 e. The van der Waals surface area contributed by atoms with Crippen LogP contribution < -0.4 is 5.73 Å². The Kier molecular flexibility index (Phi) is 2.23. The van der Waals surface area contributed by atoms with Crippen molar-refractivity contribution in [2.45, 2.75) is 25.7 Å². The Morgan fingerprint density at radius 3 is 2.93 bits per heavy atom. The van der Waals surface area contributed by atoms with Crippen molar-refractivity contribution < 1.29 is 4.79 Å². The molecule has 1 aromatic heterocycles. The summed E-state index contributed by atoms with van der Waals surface area (Å²) in [6.45, 7) is 1.98. The van der Waals surface area contributed by atoms with Gasteiger partial charge in [0, 0.05) is 18.5 Å². The van der Waals surface area contributed by atoms with Gasteiger partial charge in [0.05, 0.1) is 0 Å². The number of carbonyl (C=O) groups excluding carboxylic acids is 1. The minimum Gasteiger partial charge on any atom is -0.383 e. The highest BCUT2D eigenvalue weighted by Crippen LogP contribution is 2.38. The van der Waals surface area contributed by atoms with Crippen LogP contribution in [0, 0.1) is 5.92 Å². The van der Waals surface area contributed by atoms with Crippen LogP contribution in [0.5, 0.6) is 0 Å². The third-order valence-corrected chi connectivity index (χ3v) is 3.08. The summed E-state index contributed by atoms with van der Waals surface area (Å²) in [5, 5.41) is 0. The van der Waals surface area contributed by atoms with E-state index in [0.717, 1.165) is 12.0 Å². The number of pyridine rings is 1. The highest BCUT2D eigenvalue weighted by atomic mass is 16.1. The first-order valence-corrected chi connectivity index (χ1v) is 4.93. The standard InChI is InChI=1S/C11H14N2O/c1-7-8(4-5-10(7)14)9-3-2-6-13-11(9)12/h2-3,6-8H,4-5H2,1H3,(H2,12,13). The van der Waals surface area contributed by atoms with Crippen LogP contribution in [0.1, 0.15) is 31.2 Å². The monoisotopic (exact) mass is 190 g/mol. The van der Waals surface area contributed by atoms with Crippen molar-refractivity contribution in [2.75, 3.05) is 5.73 Å². The van der Waals surface area contributed by atoms with Gasteiger partial charge in [0.1, 0.15) is 11.6 Å². The van der Waals surface area contributed by atoms with Gasteiger partial charge in [0.2, 0.25) is 0 Å². The minimum atomic E-state index is 0.0986. The zero-order valence-corrected chi connectivity index (χ0v) is 8.23. The molecule has 14 heavy (non-hydrogen) atoms. The maximum absolute atomic E-state index is 11.4. The number of nitrogens with zero attached hydrogens (tertiary/aromatic N) is 1. The average Bonchev–Trinajstić information content (AvgIpc) is 2.49. The van der Waals surface area contributed by atoms with Gasteiger partial charge in [-0.3, -0.25) is 4.79 Å². The van der Waals surface area contributed by atoms with Crippen molar-refractivity contribution in [1.29, 1.82) is 0 Å². The molecule has 0 spiro atoms. The molecule has 3 nitrogen and oxygen atoms in total. The molecule has 2 N–H and O–H groups in total. The Labute approximate surface area is 83.3 Å². The second kappa shape index (κ2) is 3.40. The van der Waals surface area contributed by atoms with Gasteiger partial charge >= 0.3 is 0 Å². The molecule has 2 atom stereocenters. The molecule has 0 bridgehead atoms. The summed E-state index contributed by atoms with van der Waals surface area (Å²) in [7, 11) is 0. The number of Topliss-reactive ketones (excluding diaryl/α,β-unsaturated/α-hetero) is 1. The third-order valence-electron chi connectivity index (χ3n) is 3.08.